The minimum Gasteiger partial charge on any atom is -0.394 e. The molecule has 1 aromatic rings. The van der Waals surface area contributed by atoms with E-state index in [0.29, 0.717) is 0 Å². The lowest BCUT2D eigenvalue weighted by Gasteiger charge is -2.00. The second-order valence-electron chi connectivity index (χ2n) is 2.62. The molecule has 0 spiro atoms. The summed E-state index contributed by atoms with van der Waals surface area (Å²) in [5.74, 6) is -0.198. The van der Waals surface area contributed by atoms with Crippen molar-refractivity contribution in [2.24, 2.45) is 0 Å². The Morgan fingerprint density at radius 1 is 1.21 bits per heavy atom. The van der Waals surface area contributed by atoms with Crippen molar-refractivity contribution in [3.63, 3.8) is 0 Å². The Bertz CT molecular complexity index is 275. The van der Waals surface area contributed by atoms with Gasteiger partial charge in [-0.2, -0.15) is 0 Å². The third-order valence-corrected chi connectivity index (χ3v) is 1.66. The smallest absolute Gasteiger partial charge is 0.123 e. The highest BCUT2D eigenvalue weighted by Crippen LogP contribution is 2.12. The molecule has 78 valence electrons. The largest absolute Gasteiger partial charge is 0.394 e. The molecule has 1 rings (SSSR count). The molecule has 0 aromatic heterocycles. The SMILES string of the molecule is CC.CN/C=C(\C)c1ccc(F)cc1. The first-order chi connectivity index (χ1) is 6.74. The van der Waals surface area contributed by atoms with E-state index >= 15 is 0 Å². The highest BCUT2D eigenvalue weighted by molar-refractivity contribution is 5.62. The zero-order valence-electron chi connectivity index (χ0n) is 9.26. The molecule has 0 aliphatic carbocycles. The van der Waals surface area contributed by atoms with E-state index in [1.54, 1.807) is 12.1 Å². The molecule has 2 heteroatoms. The maximum atomic E-state index is 12.5. The van der Waals surface area contributed by atoms with Gasteiger partial charge in [-0.25, -0.2) is 4.39 Å². The monoisotopic (exact) mass is 195 g/mol. The Labute approximate surface area is 85.7 Å². The van der Waals surface area contributed by atoms with Crippen LogP contribution in [-0.4, -0.2) is 7.05 Å². The average Bonchev–Trinajstić information content (AvgIpc) is 2.22. The Morgan fingerprint density at radius 2 is 1.71 bits per heavy atom. The van der Waals surface area contributed by atoms with Gasteiger partial charge >= 0.3 is 0 Å². The van der Waals surface area contributed by atoms with E-state index in [1.165, 1.54) is 12.1 Å². The average molecular weight is 195 g/mol. The van der Waals surface area contributed by atoms with Crippen molar-refractivity contribution in [3.05, 3.63) is 41.8 Å². The van der Waals surface area contributed by atoms with Crippen LogP contribution in [0, 0.1) is 5.82 Å². The van der Waals surface area contributed by atoms with Gasteiger partial charge in [-0.15, -0.1) is 0 Å². The fraction of sp³-hybridized carbons (Fsp3) is 0.333. The molecule has 0 unspecified atom stereocenters. The van der Waals surface area contributed by atoms with Crippen molar-refractivity contribution in [1.82, 2.24) is 5.32 Å². The van der Waals surface area contributed by atoms with Crippen molar-refractivity contribution in [3.8, 4) is 0 Å². The van der Waals surface area contributed by atoms with Gasteiger partial charge in [0.2, 0.25) is 0 Å². The Kier molecular flexibility index (Phi) is 6.46. The molecule has 0 aliphatic heterocycles. The zero-order chi connectivity index (χ0) is 11.0. The second kappa shape index (κ2) is 7.13. The highest BCUT2D eigenvalue weighted by atomic mass is 19.1. The molecule has 0 atom stereocenters. The number of nitrogens with one attached hydrogen (secondary N) is 1. The topological polar surface area (TPSA) is 12.0 Å². The van der Waals surface area contributed by atoms with Crippen LogP contribution in [0.25, 0.3) is 5.57 Å². The quantitative estimate of drug-likeness (QED) is 0.762. The van der Waals surface area contributed by atoms with Crippen LogP contribution in [0.3, 0.4) is 0 Å². The Hall–Kier alpha value is -1.31. The van der Waals surface area contributed by atoms with Gasteiger partial charge in [-0.3, -0.25) is 0 Å². The molecule has 1 N–H and O–H groups in total. The minimum absolute atomic E-state index is 0.198. The molecule has 1 nitrogen and oxygen atoms in total. The molecule has 0 saturated heterocycles. The molecule has 14 heavy (non-hydrogen) atoms. The minimum atomic E-state index is -0.198. The van der Waals surface area contributed by atoms with E-state index in [2.05, 4.69) is 5.32 Å². The number of hydrogen-bond acceptors (Lipinski definition) is 1. The molecular formula is C12H18FN. The standard InChI is InChI=1S/C10H12FN.C2H6/c1-8(7-12-2)9-3-5-10(11)6-4-9;1-2/h3-7,12H,1-2H3;1-2H3/b8-7+;. The zero-order valence-corrected chi connectivity index (χ0v) is 9.26. The third-order valence-electron chi connectivity index (χ3n) is 1.66. The van der Waals surface area contributed by atoms with Gasteiger partial charge in [0.15, 0.2) is 0 Å². The van der Waals surface area contributed by atoms with Crippen LogP contribution < -0.4 is 5.32 Å². The van der Waals surface area contributed by atoms with Crippen molar-refractivity contribution >= 4 is 5.57 Å². The predicted molar refractivity (Wildman–Crippen MR) is 60.5 cm³/mol. The molecule has 0 aliphatic rings. The second-order valence-corrected chi connectivity index (χ2v) is 2.62. The van der Waals surface area contributed by atoms with Crippen LogP contribution in [0.1, 0.15) is 26.3 Å². The summed E-state index contributed by atoms with van der Waals surface area (Å²) in [5.41, 5.74) is 2.13. The Balaban J connectivity index is 0.000000791. The maximum Gasteiger partial charge on any atom is 0.123 e. The summed E-state index contributed by atoms with van der Waals surface area (Å²) in [6, 6.07) is 6.45. The maximum absolute atomic E-state index is 12.5. The van der Waals surface area contributed by atoms with Gasteiger partial charge in [-0.05, 0) is 36.4 Å². The van der Waals surface area contributed by atoms with Crippen molar-refractivity contribution < 1.29 is 4.39 Å². The molecule has 0 radical (unpaired) electrons. The molecule has 0 amide bonds. The summed E-state index contributed by atoms with van der Waals surface area (Å²) in [7, 11) is 1.84. The highest BCUT2D eigenvalue weighted by Gasteiger charge is 1.94. The first-order valence-corrected chi connectivity index (χ1v) is 4.84. The summed E-state index contributed by atoms with van der Waals surface area (Å²) in [6.45, 7) is 5.98. The van der Waals surface area contributed by atoms with E-state index < -0.39 is 0 Å². The van der Waals surface area contributed by atoms with Gasteiger partial charge in [0.1, 0.15) is 5.82 Å². The lowest BCUT2D eigenvalue weighted by Crippen LogP contribution is -1.94. The van der Waals surface area contributed by atoms with Crippen LogP contribution in [0.2, 0.25) is 0 Å². The summed E-state index contributed by atoms with van der Waals surface area (Å²) in [4.78, 5) is 0. The van der Waals surface area contributed by atoms with Crippen LogP contribution in [0.5, 0.6) is 0 Å². The fourth-order valence-electron chi connectivity index (χ4n) is 1.01. The molecule has 0 saturated carbocycles. The first-order valence-electron chi connectivity index (χ1n) is 4.84. The number of rotatable bonds is 2. The van der Waals surface area contributed by atoms with Gasteiger partial charge in [-0.1, -0.05) is 26.0 Å². The normalized spacial score (nSPS) is 10.2. The third kappa shape index (κ3) is 4.08. The van der Waals surface area contributed by atoms with Gasteiger partial charge in [0.05, 0.1) is 0 Å². The lowest BCUT2D eigenvalue weighted by molar-refractivity contribution is 0.627. The van der Waals surface area contributed by atoms with Crippen LogP contribution in [0.4, 0.5) is 4.39 Å². The van der Waals surface area contributed by atoms with E-state index in [9.17, 15) is 4.39 Å². The number of benzene rings is 1. The molecule has 0 bridgehead atoms. The van der Waals surface area contributed by atoms with E-state index in [-0.39, 0.29) is 5.82 Å². The number of allylic oxidation sites excluding steroid dienone is 1. The molecule has 0 fully saturated rings. The van der Waals surface area contributed by atoms with Crippen molar-refractivity contribution in [2.45, 2.75) is 20.8 Å². The number of hydrogen-bond donors (Lipinski definition) is 1. The lowest BCUT2D eigenvalue weighted by atomic mass is 10.1. The van der Waals surface area contributed by atoms with Crippen LogP contribution in [-0.2, 0) is 0 Å². The fourth-order valence-corrected chi connectivity index (χ4v) is 1.01. The van der Waals surface area contributed by atoms with E-state index in [1.807, 2.05) is 34.0 Å². The predicted octanol–water partition coefficient (Wildman–Crippen LogP) is 3.43. The number of halogens is 1. The van der Waals surface area contributed by atoms with E-state index in [0.717, 1.165) is 11.1 Å². The molecule has 1 aromatic carbocycles. The van der Waals surface area contributed by atoms with Crippen LogP contribution in [0.15, 0.2) is 30.5 Å². The summed E-state index contributed by atoms with van der Waals surface area (Å²) in [6.07, 6.45) is 1.88. The summed E-state index contributed by atoms with van der Waals surface area (Å²) in [5, 5.41) is 2.92. The van der Waals surface area contributed by atoms with Gasteiger partial charge in [0.25, 0.3) is 0 Å². The summed E-state index contributed by atoms with van der Waals surface area (Å²) < 4.78 is 12.5. The molecule has 0 heterocycles. The van der Waals surface area contributed by atoms with Gasteiger partial charge in [0, 0.05) is 7.05 Å². The first kappa shape index (κ1) is 12.7. The van der Waals surface area contributed by atoms with E-state index in [4.69, 9.17) is 0 Å². The van der Waals surface area contributed by atoms with Gasteiger partial charge < -0.3 is 5.32 Å². The molecular weight excluding hydrogens is 177 g/mol. The summed E-state index contributed by atoms with van der Waals surface area (Å²) >= 11 is 0. The van der Waals surface area contributed by atoms with Crippen molar-refractivity contribution in [1.29, 1.82) is 0 Å². The Morgan fingerprint density at radius 3 is 2.14 bits per heavy atom. The van der Waals surface area contributed by atoms with Crippen molar-refractivity contribution in [2.75, 3.05) is 7.05 Å². The van der Waals surface area contributed by atoms with Crippen LogP contribution >= 0.6 is 0 Å².